The van der Waals surface area contributed by atoms with E-state index in [2.05, 4.69) is 38.9 Å². The minimum absolute atomic E-state index is 0.145. The number of rotatable bonds is 2. The third-order valence-corrected chi connectivity index (χ3v) is 4.98. The average Bonchev–Trinajstić information content (AvgIpc) is 3.26. The van der Waals surface area contributed by atoms with Crippen LogP contribution in [0.25, 0.3) is 22.3 Å². The van der Waals surface area contributed by atoms with Gasteiger partial charge in [0.2, 0.25) is 0 Å². The summed E-state index contributed by atoms with van der Waals surface area (Å²) in [5, 5.41) is 8.00. The van der Waals surface area contributed by atoms with Crippen molar-refractivity contribution >= 4 is 22.8 Å². The lowest BCUT2D eigenvalue weighted by atomic mass is 10.0. The van der Waals surface area contributed by atoms with Crippen LogP contribution in [0.15, 0.2) is 10.9 Å². The molecule has 0 atom stereocenters. The van der Waals surface area contributed by atoms with Crippen molar-refractivity contribution in [2.45, 2.75) is 45.2 Å². The molecule has 128 valence electrons. The Bertz CT molecular complexity index is 1030. The van der Waals surface area contributed by atoms with Crippen LogP contribution in [-0.2, 0) is 6.54 Å². The normalized spacial score (nSPS) is 16.7. The number of aromatic nitrogens is 4. The Hall–Kier alpha value is -2.90. The van der Waals surface area contributed by atoms with Gasteiger partial charge in [0.15, 0.2) is 5.76 Å². The lowest BCUT2D eigenvalue weighted by Gasteiger charge is -2.14. The first-order chi connectivity index (χ1) is 12.1. The van der Waals surface area contributed by atoms with Crippen LogP contribution >= 0.6 is 0 Å². The van der Waals surface area contributed by atoms with Gasteiger partial charge in [-0.2, -0.15) is 0 Å². The van der Waals surface area contributed by atoms with Crippen molar-refractivity contribution in [2.24, 2.45) is 0 Å². The van der Waals surface area contributed by atoms with Gasteiger partial charge in [0.1, 0.15) is 29.0 Å². The van der Waals surface area contributed by atoms with Gasteiger partial charge in [-0.25, -0.2) is 9.97 Å². The molecule has 0 bridgehead atoms. The minimum atomic E-state index is -0.145. The number of nitrogens with zero attached hydrogens (tertiary/aromatic N) is 4. The van der Waals surface area contributed by atoms with E-state index >= 15 is 0 Å². The third-order valence-electron chi connectivity index (χ3n) is 4.98. The zero-order valence-corrected chi connectivity index (χ0v) is 14.0. The van der Waals surface area contributed by atoms with Gasteiger partial charge < -0.3 is 20.1 Å². The number of hydrogen-bond acceptors (Lipinski definition) is 6. The summed E-state index contributed by atoms with van der Waals surface area (Å²) in [5.41, 5.74) is 9.77. The van der Waals surface area contributed by atoms with Crippen LogP contribution in [0.2, 0.25) is 0 Å². The second kappa shape index (κ2) is 4.81. The van der Waals surface area contributed by atoms with Crippen LogP contribution in [0.5, 0.6) is 0 Å². The summed E-state index contributed by atoms with van der Waals surface area (Å²) in [7, 11) is 0. The van der Waals surface area contributed by atoms with E-state index in [0.717, 1.165) is 35.1 Å². The van der Waals surface area contributed by atoms with Crippen molar-refractivity contribution in [3.63, 3.8) is 0 Å². The maximum atomic E-state index is 12.7. The molecule has 3 aromatic heterocycles. The number of nitrogen functional groups attached to an aromatic ring is 1. The SMILES string of the molecule is CC(C)n1c2c(c3c(N)ncnc31)-c1noc(C3CC3)c1C(=O)NC2. The van der Waals surface area contributed by atoms with Crippen LogP contribution in [0, 0.1) is 0 Å². The van der Waals surface area contributed by atoms with E-state index in [0.29, 0.717) is 29.4 Å². The third kappa shape index (κ3) is 1.87. The highest BCUT2D eigenvalue weighted by Gasteiger charge is 2.39. The fourth-order valence-corrected chi connectivity index (χ4v) is 3.76. The first-order valence-electron chi connectivity index (χ1n) is 8.49. The molecule has 8 heteroatoms. The lowest BCUT2D eigenvalue weighted by molar-refractivity contribution is 0.0949. The summed E-state index contributed by atoms with van der Waals surface area (Å²) < 4.78 is 7.67. The molecule has 2 aliphatic rings. The Morgan fingerprint density at radius 2 is 2.12 bits per heavy atom. The Morgan fingerprint density at radius 3 is 2.84 bits per heavy atom. The monoisotopic (exact) mass is 338 g/mol. The minimum Gasteiger partial charge on any atom is -0.383 e. The van der Waals surface area contributed by atoms with Crippen LogP contribution < -0.4 is 11.1 Å². The number of anilines is 1. The first-order valence-corrected chi connectivity index (χ1v) is 8.49. The fourth-order valence-electron chi connectivity index (χ4n) is 3.76. The molecule has 1 fully saturated rings. The van der Waals surface area contributed by atoms with Crippen LogP contribution in [0.1, 0.15) is 60.5 Å². The Labute approximate surface area is 143 Å². The van der Waals surface area contributed by atoms with E-state index in [-0.39, 0.29) is 17.9 Å². The number of amides is 1. The van der Waals surface area contributed by atoms with Gasteiger partial charge in [0.05, 0.1) is 11.9 Å². The van der Waals surface area contributed by atoms with Crippen molar-refractivity contribution in [2.75, 3.05) is 5.73 Å². The molecule has 25 heavy (non-hydrogen) atoms. The molecule has 0 unspecified atom stereocenters. The maximum Gasteiger partial charge on any atom is 0.257 e. The number of hydrogen-bond donors (Lipinski definition) is 2. The van der Waals surface area contributed by atoms with E-state index in [4.69, 9.17) is 10.3 Å². The van der Waals surface area contributed by atoms with E-state index in [1.54, 1.807) is 0 Å². The molecule has 0 saturated heterocycles. The topological polar surface area (TPSA) is 112 Å². The molecule has 8 nitrogen and oxygen atoms in total. The molecule has 0 radical (unpaired) electrons. The Kier molecular flexibility index (Phi) is 2.78. The summed E-state index contributed by atoms with van der Waals surface area (Å²) in [4.78, 5) is 21.3. The molecule has 1 aliphatic carbocycles. The molecular formula is C17H18N6O2. The van der Waals surface area contributed by atoms with Gasteiger partial charge in [-0.05, 0) is 26.7 Å². The molecule has 0 spiro atoms. The second-order valence-electron chi connectivity index (χ2n) is 6.97. The van der Waals surface area contributed by atoms with Gasteiger partial charge in [-0.1, -0.05) is 5.16 Å². The van der Waals surface area contributed by atoms with Gasteiger partial charge in [0, 0.05) is 23.2 Å². The number of fused-ring (bicyclic) bond motifs is 5. The highest BCUT2D eigenvalue weighted by atomic mass is 16.5. The van der Waals surface area contributed by atoms with Gasteiger partial charge >= 0.3 is 0 Å². The zero-order chi connectivity index (χ0) is 17.3. The molecule has 1 aliphatic heterocycles. The molecule has 4 heterocycles. The second-order valence-corrected chi connectivity index (χ2v) is 6.97. The first kappa shape index (κ1) is 14.4. The number of carbonyl (C=O) groups excluding carboxylic acids is 1. The highest BCUT2D eigenvalue weighted by molar-refractivity contribution is 6.09. The van der Waals surface area contributed by atoms with E-state index in [1.165, 1.54) is 6.33 Å². The van der Waals surface area contributed by atoms with Crippen molar-refractivity contribution in [3.8, 4) is 11.3 Å². The standard InChI is InChI=1S/C17H18N6O2/c1-7(2)23-9-5-19-17(24)12-13(22-25-14(12)8-3-4-8)10(9)11-15(18)20-6-21-16(11)23/h6-8H,3-5H2,1-2H3,(H,19,24)(H2,18,20,21). The smallest absolute Gasteiger partial charge is 0.257 e. The molecule has 1 amide bonds. The van der Waals surface area contributed by atoms with Gasteiger partial charge in [-0.3, -0.25) is 4.79 Å². The van der Waals surface area contributed by atoms with Crippen LogP contribution in [0.3, 0.4) is 0 Å². The van der Waals surface area contributed by atoms with Crippen molar-refractivity contribution in [3.05, 3.63) is 23.3 Å². The van der Waals surface area contributed by atoms with Crippen LogP contribution in [0.4, 0.5) is 5.82 Å². The van der Waals surface area contributed by atoms with Gasteiger partial charge in [-0.15, -0.1) is 0 Å². The fraction of sp³-hybridized carbons (Fsp3) is 0.412. The Morgan fingerprint density at radius 1 is 1.32 bits per heavy atom. The molecule has 1 saturated carbocycles. The summed E-state index contributed by atoms with van der Waals surface area (Å²) in [5.74, 6) is 1.21. The summed E-state index contributed by atoms with van der Waals surface area (Å²) in [6.07, 6.45) is 3.52. The molecule has 3 aromatic rings. The largest absolute Gasteiger partial charge is 0.383 e. The molecule has 3 N–H and O–H groups in total. The zero-order valence-electron chi connectivity index (χ0n) is 14.0. The molecular weight excluding hydrogens is 320 g/mol. The highest BCUT2D eigenvalue weighted by Crippen LogP contribution is 2.47. The predicted octanol–water partition coefficient (Wildman–Crippen LogP) is 2.37. The van der Waals surface area contributed by atoms with Gasteiger partial charge in [0.25, 0.3) is 5.91 Å². The molecule has 5 rings (SSSR count). The predicted molar refractivity (Wildman–Crippen MR) is 91.0 cm³/mol. The lowest BCUT2D eigenvalue weighted by Crippen LogP contribution is -2.23. The maximum absolute atomic E-state index is 12.7. The van der Waals surface area contributed by atoms with E-state index in [9.17, 15) is 4.79 Å². The van der Waals surface area contributed by atoms with E-state index in [1.807, 2.05) is 0 Å². The number of carbonyl (C=O) groups is 1. The van der Waals surface area contributed by atoms with Crippen molar-refractivity contribution in [1.29, 1.82) is 0 Å². The quantitative estimate of drug-likeness (QED) is 0.742. The summed E-state index contributed by atoms with van der Waals surface area (Å²) >= 11 is 0. The Balaban J connectivity index is 1.91. The number of nitrogens with two attached hydrogens (primary N) is 1. The average molecular weight is 338 g/mol. The summed E-state index contributed by atoms with van der Waals surface area (Å²) in [6.45, 7) is 4.54. The van der Waals surface area contributed by atoms with Crippen molar-refractivity contribution < 1.29 is 9.32 Å². The molecule has 0 aromatic carbocycles. The van der Waals surface area contributed by atoms with Crippen molar-refractivity contribution in [1.82, 2.24) is 25.0 Å². The van der Waals surface area contributed by atoms with E-state index < -0.39 is 0 Å². The summed E-state index contributed by atoms with van der Waals surface area (Å²) in [6, 6.07) is 0.147. The van der Waals surface area contributed by atoms with Crippen LogP contribution in [-0.4, -0.2) is 25.6 Å². The number of nitrogens with one attached hydrogen (secondary N) is 1.